The highest BCUT2D eigenvalue weighted by molar-refractivity contribution is 6.42. The van der Waals surface area contributed by atoms with Crippen LogP contribution in [0.15, 0.2) is 35.4 Å². The van der Waals surface area contributed by atoms with Gasteiger partial charge in [0.1, 0.15) is 0 Å². The van der Waals surface area contributed by atoms with Crippen LogP contribution in [0.3, 0.4) is 0 Å². The number of anilines is 1. The quantitative estimate of drug-likeness (QED) is 0.888. The molecular weight excluding hydrogens is 335 g/mol. The summed E-state index contributed by atoms with van der Waals surface area (Å²) in [6, 6.07) is 5.95. The van der Waals surface area contributed by atoms with Crippen molar-refractivity contribution in [3.63, 3.8) is 0 Å². The van der Waals surface area contributed by atoms with Crippen molar-refractivity contribution in [1.29, 1.82) is 0 Å². The van der Waals surface area contributed by atoms with Gasteiger partial charge >= 0.3 is 0 Å². The molecule has 23 heavy (non-hydrogen) atoms. The van der Waals surface area contributed by atoms with E-state index < -0.39 is 0 Å². The molecule has 3 rings (SSSR count). The lowest BCUT2D eigenvalue weighted by Gasteiger charge is -2.33. The topological polar surface area (TPSA) is 61.0 Å². The van der Waals surface area contributed by atoms with Crippen LogP contribution in [0.25, 0.3) is 0 Å². The third kappa shape index (κ3) is 4.05. The number of aromatic nitrogens is 2. The fourth-order valence-corrected chi connectivity index (χ4v) is 3.14. The predicted molar refractivity (Wildman–Crippen MR) is 93.4 cm³/mol. The zero-order chi connectivity index (χ0) is 16.2. The maximum absolute atomic E-state index is 11.9. The molecule has 2 N–H and O–H groups in total. The Bertz CT molecular complexity index is 734. The van der Waals surface area contributed by atoms with E-state index in [0.717, 1.165) is 31.5 Å². The van der Waals surface area contributed by atoms with E-state index in [1.54, 1.807) is 12.4 Å². The summed E-state index contributed by atoms with van der Waals surface area (Å²) >= 11 is 12.0. The van der Waals surface area contributed by atoms with Crippen LogP contribution in [0.5, 0.6) is 0 Å². The maximum Gasteiger partial charge on any atom is 0.290 e. The van der Waals surface area contributed by atoms with Crippen LogP contribution >= 0.6 is 23.2 Å². The molecule has 1 aliphatic heterocycles. The standard InChI is InChI=1S/C16H18Cl2N4O/c17-13-4-3-11(8-14(13)18)9-21-12-2-1-7-22(10-12)15-16(23)20-6-5-19-15/h3-6,8,12,21H,1-2,7,9-10H2,(H,20,23)/t12-/m0/s1. The molecule has 1 atom stereocenters. The van der Waals surface area contributed by atoms with Gasteiger partial charge in [0, 0.05) is 38.1 Å². The number of hydrogen-bond acceptors (Lipinski definition) is 4. The molecule has 0 spiro atoms. The number of nitrogens with zero attached hydrogens (tertiary/aromatic N) is 2. The van der Waals surface area contributed by atoms with Gasteiger partial charge in [-0.3, -0.25) is 4.79 Å². The Morgan fingerprint density at radius 1 is 1.35 bits per heavy atom. The highest BCUT2D eigenvalue weighted by atomic mass is 35.5. The van der Waals surface area contributed by atoms with Crippen molar-refractivity contribution in [3.05, 3.63) is 56.6 Å². The van der Waals surface area contributed by atoms with Gasteiger partial charge in [0.2, 0.25) is 0 Å². The third-order valence-electron chi connectivity index (χ3n) is 3.99. The number of piperidine rings is 1. The minimum absolute atomic E-state index is 0.141. The van der Waals surface area contributed by atoms with Gasteiger partial charge in [0.15, 0.2) is 5.82 Å². The average molecular weight is 353 g/mol. The Kier molecular flexibility index (Phi) is 5.20. The van der Waals surface area contributed by atoms with Gasteiger partial charge in [-0.15, -0.1) is 0 Å². The SMILES string of the molecule is O=c1[nH]ccnc1N1CCC[C@H](NCc2ccc(Cl)c(Cl)c2)C1. The molecule has 0 aliphatic carbocycles. The van der Waals surface area contributed by atoms with Crippen LogP contribution in [0.2, 0.25) is 10.0 Å². The number of aromatic amines is 1. The molecule has 0 radical (unpaired) electrons. The lowest BCUT2D eigenvalue weighted by atomic mass is 10.1. The van der Waals surface area contributed by atoms with Crippen molar-refractivity contribution < 1.29 is 0 Å². The summed E-state index contributed by atoms with van der Waals surface area (Å²) in [6.45, 7) is 2.33. The number of nitrogens with one attached hydrogen (secondary N) is 2. The number of halogens is 2. The van der Waals surface area contributed by atoms with E-state index in [1.807, 2.05) is 23.1 Å². The molecular formula is C16H18Cl2N4O. The Morgan fingerprint density at radius 3 is 3.00 bits per heavy atom. The second-order valence-electron chi connectivity index (χ2n) is 5.66. The van der Waals surface area contributed by atoms with Crippen LogP contribution in [0.4, 0.5) is 5.82 Å². The fraction of sp³-hybridized carbons (Fsp3) is 0.375. The van der Waals surface area contributed by atoms with E-state index in [-0.39, 0.29) is 5.56 Å². The molecule has 2 heterocycles. The summed E-state index contributed by atoms with van der Waals surface area (Å²) in [5, 5.41) is 4.65. The minimum Gasteiger partial charge on any atom is -0.350 e. The number of rotatable bonds is 4. The molecule has 0 amide bonds. The minimum atomic E-state index is -0.141. The molecule has 1 aliphatic rings. The van der Waals surface area contributed by atoms with E-state index >= 15 is 0 Å². The van der Waals surface area contributed by atoms with Gasteiger partial charge < -0.3 is 15.2 Å². The van der Waals surface area contributed by atoms with E-state index in [9.17, 15) is 4.79 Å². The Balaban J connectivity index is 1.62. The molecule has 1 saturated heterocycles. The van der Waals surface area contributed by atoms with Gasteiger partial charge in [-0.2, -0.15) is 0 Å². The van der Waals surface area contributed by atoms with Crippen LogP contribution in [0.1, 0.15) is 18.4 Å². The molecule has 5 nitrogen and oxygen atoms in total. The summed E-state index contributed by atoms with van der Waals surface area (Å²) in [5.74, 6) is 0.494. The number of hydrogen-bond donors (Lipinski definition) is 2. The highest BCUT2D eigenvalue weighted by Crippen LogP contribution is 2.23. The Labute approximate surface area is 144 Å². The third-order valence-corrected chi connectivity index (χ3v) is 4.73. The Morgan fingerprint density at radius 2 is 2.22 bits per heavy atom. The average Bonchev–Trinajstić information content (AvgIpc) is 2.57. The Hall–Kier alpha value is -1.56. The molecule has 122 valence electrons. The lowest BCUT2D eigenvalue weighted by Crippen LogP contribution is -2.47. The van der Waals surface area contributed by atoms with Crippen LogP contribution < -0.4 is 15.8 Å². The number of benzene rings is 1. The molecule has 7 heteroatoms. The van der Waals surface area contributed by atoms with Crippen molar-refractivity contribution in [3.8, 4) is 0 Å². The number of H-pyrrole nitrogens is 1. The van der Waals surface area contributed by atoms with Crippen molar-refractivity contribution in [2.24, 2.45) is 0 Å². The molecule has 0 saturated carbocycles. The van der Waals surface area contributed by atoms with Crippen molar-refractivity contribution in [1.82, 2.24) is 15.3 Å². The monoisotopic (exact) mass is 352 g/mol. The van der Waals surface area contributed by atoms with Crippen LogP contribution in [-0.2, 0) is 6.54 Å². The second kappa shape index (κ2) is 7.34. The van der Waals surface area contributed by atoms with Gasteiger partial charge in [-0.05, 0) is 30.5 Å². The van der Waals surface area contributed by atoms with Crippen LogP contribution in [-0.4, -0.2) is 29.1 Å². The second-order valence-corrected chi connectivity index (χ2v) is 6.47. The van der Waals surface area contributed by atoms with E-state index in [1.165, 1.54) is 0 Å². The molecule has 1 fully saturated rings. The maximum atomic E-state index is 11.9. The van der Waals surface area contributed by atoms with Gasteiger partial charge in [-0.25, -0.2) is 4.98 Å². The zero-order valence-electron chi connectivity index (χ0n) is 12.6. The molecule has 1 aromatic carbocycles. The summed E-state index contributed by atoms with van der Waals surface area (Å²) < 4.78 is 0. The van der Waals surface area contributed by atoms with Gasteiger partial charge in [0.25, 0.3) is 5.56 Å². The summed E-state index contributed by atoms with van der Waals surface area (Å²) in [7, 11) is 0. The van der Waals surface area contributed by atoms with E-state index in [2.05, 4.69) is 15.3 Å². The molecule has 0 bridgehead atoms. The normalized spacial score (nSPS) is 18.2. The summed E-state index contributed by atoms with van der Waals surface area (Å²) in [5.41, 5.74) is 0.949. The molecule has 2 aromatic rings. The molecule has 0 unspecified atom stereocenters. The van der Waals surface area contributed by atoms with E-state index in [4.69, 9.17) is 23.2 Å². The first-order chi connectivity index (χ1) is 11.1. The first-order valence-corrected chi connectivity index (χ1v) is 8.35. The lowest BCUT2D eigenvalue weighted by molar-refractivity contribution is 0.419. The van der Waals surface area contributed by atoms with Gasteiger partial charge in [0.05, 0.1) is 10.0 Å². The summed E-state index contributed by atoms with van der Waals surface area (Å²) in [4.78, 5) is 20.8. The smallest absolute Gasteiger partial charge is 0.290 e. The van der Waals surface area contributed by atoms with Crippen molar-refractivity contribution >= 4 is 29.0 Å². The van der Waals surface area contributed by atoms with Crippen molar-refractivity contribution in [2.75, 3.05) is 18.0 Å². The summed E-state index contributed by atoms with van der Waals surface area (Å²) in [6.07, 6.45) is 5.26. The van der Waals surface area contributed by atoms with Crippen molar-refractivity contribution in [2.45, 2.75) is 25.4 Å². The predicted octanol–water partition coefficient (Wildman–Crippen LogP) is 2.84. The first-order valence-electron chi connectivity index (χ1n) is 7.59. The molecule has 1 aromatic heterocycles. The largest absolute Gasteiger partial charge is 0.350 e. The van der Waals surface area contributed by atoms with Gasteiger partial charge in [-0.1, -0.05) is 29.3 Å². The van der Waals surface area contributed by atoms with Crippen LogP contribution in [0, 0.1) is 0 Å². The fourth-order valence-electron chi connectivity index (χ4n) is 2.82. The highest BCUT2D eigenvalue weighted by Gasteiger charge is 2.22. The zero-order valence-corrected chi connectivity index (χ0v) is 14.1. The first kappa shape index (κ1) is 16.3. The van der Waals surface area contributed by atoms with E-state index in [0.29, 0.717) is 28.4 Å².